The Kier molecular flexibility index (Phi) is 3.75. The number of rotatable bonds is 2. The van der Waals surface area contributed by atoms with Gasteiger partial charge >= 0.3 is 0 Å². The maximum Gasteiger partial charge on any atom is 0.175 e. The van der Waals surface area contributed by atoms with Gasteiger partial charge in [0.25, 0.3) is 0 Å². The molecule has 0 amide bonds. The van der Waals surface area contributed by atoms with Crippen molar-refractivity contribution in [1.82, 2.24) is 0 Å². The number of allylic oxidation sites excluding steroid dienone is 2. The lowest BCUT2D eigenvalue weighted by Crippen LogP contribution is -2.55. The molecule has 150 valence electrons. The van der Waals surface area contributed by atoms with Crippen LogP contribution in [0.25, 0.3) is 0 Å². The Labute approximate surface area is 164 Å². The van der Waals surface area contributed by atoms with Gasteiger partial charge in [0.05, 0.1) is 10.8 Å². The van der Waals surface area contributed by atoms with Gasteiger partial charge in [-0.3, -0.25) is 9.59 Å². The third-order valence-corrected chi connectivity index (χ3v) is 8.72. The molecule has 3 nitrogen and oxygen atoms in total. The van der Waals surface area contributed by atoms with E-state index in [-0.39, 0.29) is 23.1 Å². The lowest BCUT2D eigenvalue weighted by molar-refractivity contribution is -0.152. The van der Waals surface area contributed by atoms with Crippen molar-refractivity contribution >= 4 is 11.6 Å². The van der Waals surface area contributed by atoms with Gasteiger partial charge in [-0.2, -0.15) is 0 Å². The third-order valence-electron chi connectivity index (χ3n) is 8.72. The molecule has 0 bridgehead atoms. The fraction of sp³-hybridized carbons (Fsp3) is 0.833. The molecule has 4 atom stereocenters. The van der Waals surface area contributed by atoms with Gasteiger partial charge in [-0.05, 0) is 76.5 Å². The van der Waals surface area contributed by atoms with Crippen molar-refractivity contribution in [3.63, 3.8) is 0 Å². The van der Waals surface area contributed by atoms with Crippen molar-refractivity contribution in [1.29, 1.82) is 0 Å². The van der Waals surface area contributed by atoms with Crippen molar-refractivity contribution in [3.05, 3.63) is 11.3 Å². The first-order valence-corrected chi connectivity index (χ1v) is 10.8. The van der Waals surface area contributed by atoms with Gasteiger partial charge in [0.2, 0.25) is 0 Å². The predicted molar refractivity (Wildman–Crippen MR) is 106 cm³/mol. The summed E-state index contributed by atoms with van der Waals surface area (Å²) in [5.41, 5.74) is -0.609. The first kappa shape index (κ1) is 19.2. The molecule has 0 saturated heterocycles. The minimum absolute atomic E-state index is 0.000656. The van der Waals surface area contributed by atoms with E-state index in [2.05, 4.69) is 27.7 Å². The van der Waals surface area contributed by atoms with E-state index in [0.29, 0.717) is 28.9 Å². The van der Waals surface area contributed by atoms with Crippen LogP contribution in [0.15, 0.2) is 11.3 Å². The van der Waals surface area contributed by atoms with Crippen LogP contribution in [0, 0.1) is 39.9 Å². The smallest absolute Gasteiger partial charge is 0.175 e. The zero-order valence-electron chi connectivity index (χ0n) is 18.4. The van der Waals surface area contributed by atoms with E-state index in [9.17, 15) is 9.59 Å². The van der Waals surface area contributed by atoms with E-state index in [0.717, 1.165) is 18.4 Å². The fourth-order valence-corrected chi connectivity index (χ4v) is 6.79. The molecular formula is C24H36O3. The van der Waals surface area contributed by atoms with Crippen LogP contribution in [0.2, 0.25) is 0 Å². The highest BCUT2D eigenvalue weighted by atomic mass is 16.5. The van der Waals surface area contributed by atoms with Crippen LogP contribution in [0.1, 0.15) is 81.1 Å². The summed E-state index contributed by atoms with van der Waals surface area (Å²) in [6.07, 6.45) is 4.47. The first-order chi connectivity index (χ1) is 12.3. The van der Waals surface area contributed by atoms with Gasteiger partial charge in [0.15, 0.2) is 11.6 Å². The molecule has 3 heteroatoms. The van der Waals surface area contributed by atoms with Crippen LogP contribution >= 0.6 is 0 Å². The molecule has 0 radical (unpaired) electrons. The zero-order chi connectivity index (χ0) is 20.2. The molecule has 2 saturated carbocycles. The molecule has 2 fully saturated rings. The maximum atomic E-state index is 13.4. The molecule has 0 aromatic heterocycles. The van der Waals surface area contributed by atoms with Gasteiger partial charge in [-0.25, -0.2) is 0 Å². The molecule has 1 aliphatic heterocycles. The number of Topliss-reactive ketones (excluding diaryl/α,β-unsaturated/α-hetero) is 2. The van der Waals surface area contributed by atoms with Gasteiger partial charge < -0.3 is 4.74 Å². The van der Waals surface area contributed by atoms with Gasteiger partial charge in [-0.15, -0.1) is 0 Å². The van der Waals surface area contributed by atoms with Crippen molar-refractivity contribution in [2.45, 2.75) is 86.7 Å². The largest absolute Gasteiger partial charge is 0.490 e. The number of ether oxygens (including phenoxy) is 1. The number of carbonyl (C=O) groups excluding carboxylic acids is 2. The summed E-state index contributed by atoms with van der Waals surface area (Å²) in [5.74, 6) is 2.52. The van der Waals surface area contributed by atoms with E-state index in [4.69, 9.17) is 4.74 Å². The normalized spacial score (nSPS) is 41.9. The third kappa shape index (κ3) is 2.20. The van der Waals surface area contributed by atoms with E-state index >= 15 is 0 Å². The Bertz CT molecular complexity index is 754. The van der Waals surface area contributed by atoms with Gasteiger partial charge in [-0.1, -0.05) is 27.7 Å². The van der Waals surface area contributed by atoms with E-state index < -0.39 is 10.8 Å². The molecule has 4 aliphatic rings. The Balaban J connectivity index is 1.85. The van der Waals surface area contributed by atoms with Crippen molar-refractivity contribution in [2.75, 3.05) is 0 Å². The number of hydrogen-bond donors (Lipinski definition) is 0. The summed E-state index contributed by atoms with van der Waals surface area (Å²) >= 11 is 0. The summed E-state index contributed by atoms with van der Waals surface area (Å²) in [6, 6.07) is 0. The number of ketones is 2. The molecule has 27 heavy (non-hydrogen) atoms. The Morgan fingerprint density at radius 2 is 1.56 bits per heavy atom. The molecule has 4 unspecified atom stereocenters. The SMILES string of the molecule is CC(C)C1CC2(CCC3(C(C)C)CC23)OC2=C1C(=O)C(C)(C)C(=O)C2(C)C. The lowest BCUT2D eigenvalue weighted by atomic mass is 9.58. The molecule has 3 aliphatic carbocycles. The highest BCUT2D eigenvalue weighted by Gasteiger charge is 2.73. The molecule has 0 aromatic carbocycles. The lowest BCUT2D eigenvalue weighted by Gasteiger charge is -2.51. The molecule has 4 rings (SSSR count). The molecule has 0 N–H and O–H groups in total. The highest BCUT2D eigenvalue weighted by molar-refractivity contribution is 6.19. The van der Waals surface area contributed by atoms with Crippen molar-refractivity contribution < 1.29 is 14.3 Å². The topological polar surface area (TPSA) is 43.4 Å². The Hall–Kier alpha value is -1.12. The highest BCUT2D eigenvalue weighted by Crippen LogP contribution is 2.75. The monoisotopic (exact) mass is 372 g/mol. The molecule has 1 heterocycles. The summed E-state index contributed by atoms with van der Waals surface area (Å²) < 4.78 is 6.84. The standard InChI is InChI=1S/C24H36O3/c1-13(2)15-11-24(10-9-23(14(3)4)12-16(23)24)27-19-17(15)18(25)21(5,6)20(26)22(19,7)8/h13-16H,9-12H2,1-8H3. The fourth-order valence-electron chi connectivity index (χ4n) is 6.79. The Morgan fingerprint density at radius 3 is 2.04 bits per heavy atom. The van der Waals surface area contributed by atoms with Crippen LogP contribution in [-0.4, -0.2) is 17.2 Å². The van der Waals surface area contributed by atoms with Crippen LogP contribution in [-0.2, 0) is 14.3 Å². The van der Waals surface area contributed by atoms with Crippen molar-refractivity contribution in [2.24, 2.45) is 39.9 Å². The number of hydrogen-bond acceptors (Lipinski definition) is 3. The van der Waals surface area contributed by atoms with Crippen LogP contribution in [0.5, 0.6) is 0 Å². The van der Waals surface area contributed by atoms with Crippen LogP contribution in [0.3, 0.4) is 0 Å². The second-order valence-corrected chi connectivity index (χ2v) is 11.5. The van der Waals surface area contributed by atoms with Crippen LogP contribution in [0.4, 0.5) is 0 Å². The minimum Gasteiger partial charge on any atom is -0.490 e. The molecule has 0 aromatic rings. The quantitative estimate of drug-likeness (QED) is 0.615. The summed E-state index contributed by atoms with van der Waals surface area (Å²) in [4.78, 5) is 26.6. The summed E-state index contributed by atoms with van der Waals surface area (Å²) in [6.45, 7) is 16.6. The summed E-state index contributed by atoms with van der Waals surface area (Å²) in [7, 11) is 0. The van der Waals surface area contributed by atoms with E-state index in [1.54, 1.807) is 13.8 Å². The number of fused-ring (bicyclic) bond motifs is 2. The predicted octanol–water partition coefficient (Wildman–Crippen LogP) is 5.33. The van der Waals surface area contributed by atoms with Gasteiger partial charge in [0, 0.05) is 11.5 Å². The zero-order valence-corrected chi connectivity index (χ0v) is 18.4. The van der Waals surface area contributed by atoms with E-state index in [1.807, 2.05) is 13.8 Å². The average molecular weight is 373 g/mol. The first-order valence-electron chi connectivity index (χ1n) is 10.8. The van der Waals surface area contributed by atoms with Crippen LogP contribution < -0.4 is 0 Å². The second kappa shape index (κ2) is 5.27. The maximum absolute atomic E-state index is 13.4. The molecule has 1 spiro atoms. The number of carbonyl (C=O) groups is 2. The minimum atomic E-state index is -0.958. The molecular weight excluding hydrogens is 336 g/mol. The average Bonchev–Trinajstić information content (AvgIpc) is 3.27. The second-order valence-electron chi connectivity index (χ2n) is 11.5. The van der Waals surface area contributed by atoms with Gasteiger partial charge in [0.1, 0.15) is 11.4 Å². The van der Waals surface area contributed by atoms with E-state index in [1.165, 1.54) is 12.8 Å². The summed E-state index contributed by atoms with van der Waals surface area (Å²) in [5, 5.41) is 0. The Morgan fingerprint density at radius 1 is 0.926 bits per heavy atom. The van der Waals surface area contributed by atoms with Crippen molar-refractivity contribution in [3.8, 4) is 0 Å².